The van der Waals surface area contributed by atoms with Crippen LogP contribution in [0.2, 0.25) is 5.02 Å². The highest BCUT2D eigenvalue weighted by atomic mass is 35.5. The predicted molar refractivity (Wildman–Crippen MR) is 114 cm³/mol. The first-order valence-corrected chi connectivity index (χ1v) is 10.1. The minimum absolute atomic E-state index is 0.0854. The van der Waals surface area contributed by atoms with E-state index >= 15 is 0 Å². The lowest BCUT2D eigenvalue weighted by atomic mass is 10.1. The van der Waals surface area contributed by atoms with Gasteiger partial charge in [-0.1, -0.05) is 24.1 Å². The van der Waals surface area contributed by atoms with Crippen LogP contribution in [0, 0.1) is 0 Å². The minimum atomic E-state index is -0.657. The zero-order valence-electron chi connectivity index (χ0n) is 16.2. The van der Waals surface area contributed by atoms with Gasteiger partial charge in [0.15, 0.2) is 6.61 Å². The Kier molecular flexibility index (Phi) is 5.81. The molecule has 0 saturated heterocycles. The van der Waals surface area contributed by atoms with Gasteiger partial charge in [0.05, 0.1) is 16.5 Å². The third-order valence-electron chi connectivity index (χ3n) is 4.99. The van der Waals surface area contributed by atoms with Gasteiger partial charge in [-0.3, -0.25) is 14.2 Å². The van der Waals surface area contributed by atoms with Crippen LogP contribution >= 0.6 is 11.6 Å². The number of hydrogen-bond acceptors (Lipinski definition) is 5. The quantitative estimate of drug-likeness (QED) is 0.645. The van der Waals surface area contributed by atoms with Crippen LogP contribution in [0.3, 0.4) is 0 Å². The SMILES string of the molecule is O=C(COC(=O)c1ccc2c(=O)n3c(nc2c1)CCCCC3)Nc1cccc(Cl)c1. The molecule has 0 saturated carbocycles. The molecule has 8 heteroatoms. The lowest BCUT2D eigenvalue weighted by Crippen LogP contribution is -2.25. The molecule has 7 nitrogen and oxygen atoms in total. The zero-order chi connectivity index (χ0) is 21.1. The molecule has 1 N–H and O–H groups in total. The second-order valence-electron chi connectivity index (χ2n) is 7.16. The molecule has 0 aliphatic carbocycles. The van der Waals surface area contributed by atoms with Crippen molar-refractivity contribution >= 4 is 40.1 Å². The van der Waals surface area contributed by atoms with Gasteiger partial charge in [0, 0.05) is 23.7 Å². The Hall–Kier alpha value is -3.19. The molecule has 0 spiro atoms. The number of aryl methyl sites for hydroxylation is 1. The first-order valence-electron chi connectivity index (χ1n) is 9.77. The summed E-state index contributed by atoms with van der Waals surface area (Å²) in [5.74, 6) is -0.389. The monoisotopic (exact) mass is 425 g/mol. The second kappa shape index (κ2) is 8.67. The first-order chi connectivity index (χ1) is 14.5. The number of esters is 1. The Morgan fingerprint density at radius 1 is 1.13 bits per heavy atom. The molecule has 154 valence electrons. The van der Waals surface area contributed by atoms with Gasteiger partial charge in [0.1, 0.15) is 5.82 Å². The second-order valence-corrected chi connectivity index (χ2v) is 7.60. The lowest BCUT2D eigenvalue weighted by molar-refractivity contribution is -0.119. The number of nitrogens with zero attached hydrogens (tertiary/aromatic N) is 2. The van der Waals surface area contributed by atoms with E-state index in [0.717, 1.165) is 31.5 Å². The number of aromatic nitrogens is 2. The van der Waals surface area contributed by atoms with Gasteiger partial charge in [-0.25, -0.2) is 9.78 Å². The van der Waals surface area contributed by atoms with Crippen LogP contribution < -0.4 is 10.9 Å². The summed E-state index contributed by atoms with van der Waals surface area (Å²) in [5.41, 5.74) is 1.13. The molecule has 0 unspecified atom stereocenters. The standard InChI is InChI=1S/C22H20ClN3O4/c23-15-5-4-6-16(12-15)24-20(27)13-30-22(29)14-8-9-17-18(11-14)25-19-7-2-1-3-10-26(19)21(17)28/h4-6,8-9,11-12H,1-3,7,10,13H2,(H,24,27). The molecule has 0 atom stereocenters. The molecular formula is C22H20ClN3O4. The summed E-state index contributed by atoms with van der Waals surface area (Å²) in [4.78, 5) is 41.8. The molecule has 0 radical (unpaired) electrons. The van der Waals surface area contributed by atoms with Crippen LogP contribution in [0.1, 0.15) is 35.4 Å². The summed E-state index contributed by atoms with van der Waals surface area (Å²) in [6, 6.07) is 11.3. The van der Waals surface area contributed by atoms with E-state index in [1.807, 2.05) is 0 Å². The van der Waals surface area contributed by atoms with Crippen molar-refractivity contribution in [2.45, 2.75) is 32.2 Å². The van der Waals surface area contributed by atoms with Crippen molar-refractivity contribution in [3.05, 3.63) is 69.2 Å². The Bertz CT molecular complexity index is 1190. The highest BCUT2D eigenvalue weighted by Crippen LogP contribution is 2.17. The molecular weight excluding hydrogens is 406 g/mol. The van der Waals surface area contributed by atoms with Gasteiger partial charge in [-0.15, -0.1) is 0 Å². The molecule has 4 rings (SSSR count). The van der Waals surface area contributed by atoms with E-state index in [9.17, 15) is 14.4 Å². The number of nitrogens with one attached hydrogen (secondary N) is 1. The number of hydrogen-bond donors (Lipinski definition) is 1. The fourth-order valence-corrected chi connectivity index (χ4v) is 3.71. The van der Waals surface area contributed by atoms with Gasteiger partial charge < -0.3 is 10.1 Å². The molecule has 0 bridgehead atoms. The van der Waals surface area contributed by atoms with Gasteiger partial charge in [-0.05, 0) is 49.2 Å². The number of fused-ring (bicyclic) bond motifs is 2. The molecule has 1 aliphatic rings. The van der Waals surface area contributed by atoms with Crippen LogP contribution in [0.25, 0.3) is 10.9 Å². The van der Waals surface area contributed by atoms with E-state index in [0.29, 0.717) is 28.2 Å². The fourth-order valence-electron chi connectivity index (χ4n) is 3.52. The Balaban J connectivity index is 1.48. The summed E-state index contributed by atoms with van der Waals surface area (Å²) >= 11 is 5.88. The van der Waals surface area contributed by atoms with Crippen molar-refractivity contribution in [2.75, 3.05) is 11.9 Å². The van der Waals surface area contributed by atoms with Gasteiger partial charge in [0.2, 0.25) is 0 Å². The smallest absolute Gasteiger partial charge is 0.338 e. The van der Waals surface area contributed by atoms with Crippen LogP contribution in [0.4, 0.5) is 5.69 Å². The first kappa shape index (κ1) is 20.1. The minimum Gasteiger partial charge on any atom is -0.452 e. The number of rotatable bonds is 4. The van der Waals surface area contributed by atoms with E-state index in [2.05, 4.69) is 10.3 Å². The van der Waals surface area contributed by atoms with Gasteiger partial charge in [-0.2, -0.15) is 0 Å². The van der Waals surface area contributed by atoms with Crippen molar-refractivity contribution in [1.29, 1.82) is 0 Å². The summed E-state index contributed by atoms with van der Waals surface area (Å²) in [6.45, 7) is 0.228. The molecule has 0 fully saturated rings. The van der Waals surface area contributed by atoms with Crippen LogP contribution in [0.15, 0.2) is 47.3 Å². The number of benzene rings is 2. The average Bonchev–Trinajstić information content (AvgIpc) is 2.97. The van der Waals surface area contributed by atoms with E-state index < -0.39 is 18.5 Å². The maximum Gasteiger partial charge on any atom is 0.338 e. The highest BCUT2D eigenvalue weighted by Gasteiger charge is 2.16. The summed E-state index contributed by atoms with van der Waals surface area (Å²) in [5, 5.41) is 3.57. The third-order valence-corrected chi connectivity index (χ3v) is 5.23. The van der Waals surface area contributed by atoms with Crippen molar-refractivity contribution in [2.24, 2.45) is 0 Å². The number of halogens is 1. The zero-order valence-corrected chi connectivity index (χ0v) is 16.9. The Morgan fingerprint density at radius 3 is 2.83 bits per heavy atom. The maximum absolute atomic E-state index is 12.8. The Morgan fingerprint density at radius 2 is 2.00 bits per heavy atom. The lowest BCUT2D eigenvalue weighted by Gasteiger charge is -2.11. The van der Waals surface area contributed by atoms with Crippen molar-refractivity contribution < 1.29 is 14.3 Å². The van der Waals surface area contributed by atoms with E-state index in [1.54, 1.807) is 41.0 Å². The molecule has 30 heavy (non-hydrogen) atoms. The third kappa shape index (κ3) is 4.36. The van der Waals surface area contributed by atoms with Crippen molar-refractivity contribution in [3.63, 3.8) is 0 Å². The van der Waals surface area contributed by atoms with Crippen LogP contribution in [-0.2, 0) is 22.5 Å². The molecule has 3 aromatic rings. The largest absolute Gasteiger partial charge is 0.452 e. The molecule has 2 heterocycles. The number of carbonyl (C=O) groups excluding carboxylic acids is 2. The summed E-state index contributed by atoms with van der Waals surface area (Å²) in [7, 11) is 0. The van der Waals surface area contributed by atoms with Crippen LogP contribution in [-0.4, -0.2) is 28.0 Å². The van der Waals surface area contributed by atoms with Crippen molar-refractivity contribution in [1.82, 2.24) is 9.55 Å². The van der Waals surface area contributed by atoms with E-state index in [4.69, 9.17) is 16.3 Å². The topological polar surface area (TPSA) is 90.3 Å². The number of ether oxygens (including phenoxy) is 1. The summed E-state index contributed by atoms with van der Waals surface area (Å²) < 4.78 is 6.84. The van der Waals surface area contributed by atoms with E-state index in [-0.39, 0.29) is 11.1 Å². The maximum atomic E-state index is 12.8. The normalized spacial score (nSPS) is 13.4. The average molecular weight is 426 g/mol. The molecule has 2 aromatic carbocycles. The molecule has 1 aromatic heterocycles. The number of anilines is 1. The number of amides is 1. The highest BCUT2D eigenvalue weighted by molar-refractivity contribution is 6.30. The van der Waals surface area contributed by atoms with Crippen molar-refractivity contribution in [3.8, 4) is 0 Å². The van der Waals surface area contributed by atoms with Gasteiger partial charge >= 0.3 is 5.97 Å². The molecule has 1 amide bonds. The molecule has 1 aliphatic heterocycles. The summed E-state index contributed by atoms with van der Waals surface area (Å²) in [6.07, 6.45) is 3.75. The van der Waals surface area contributed by atoms with Gasteiger partial charge in [0.25, 0.3) is 11.5 Å². The number of carbonyl (C=O) groups is 2. The Labute approximate surface area is 177 Å². The fraction of sp³-hybridized carbons (Fsp3) is 0.273. The predicted octanol–water partition coefficient (Wildman–Crippen LogP) is 3.57. The van der Waals surface area contributed by atoms with Crippen LogP contribution in [0.5, 0.6) is 0 Å². The van der Waals surface area contributed by atoms with E-state index in [1.165, 1.54) is 6.07 Å².